The first kappa shape index (κ1) is 19.1. The van der Waals surface area contributed by atoms with Gasteiger partial charge in [0, 0.05) is 13.7 Å². The molecule has 5 heteroatoms. The van der Waals surface area contributed by atoms with Crippen molar-refractivity contribution in [1.29, 1.82) is 0 Å². The molecule has 0 saturated heterocycles. The molecule has 0 unspecified atom stereocenters. The summed E-state index contributed by atoms with van der Waals surface area (Å²) in [5, 5.41) is 0. The number of hydrogen-bond donors (Lipinski definition) is 0. The number of fused-ring (bicyclic) bond motifs is 1. The zero-order valence-electron chi connectivity index (χ0n) is 16.2. The Labute approximate surface area is 159 Å². The quantitative estimate of drug-likeness (QED) is 0.576. The van der Waals surface area contributed by atoms with Gasteiger partial charge in [-0.05, 0) is 41.2 Å². The van der Waals surface area contributed by atoms with Crippen LogP contribution in [0.4, 0.5) is 0 Å². The summed E-state index contributed by atoms with van der Waals surface area (Å²) in [4.78, 5) is 26.3. The van der Waals surface area contributed by atoms with E-state index >= 15 is 0 Å². The first-order valence-corrected chi connectivity index (χ1v) is 9.03. The van der Waals surface area contributed by atoms with Crippen molar-refractivity contribution in [2.24, 2.45) is 0 Å². The first-order chi connectivity index (χ1) is 12.8. The summed E-state index contributed by atoms with van der Waals surface area (Å²) in [6.07, 6.45) is 0.596. The van der Waals surface area contributed by atoms with Crippen molar-refractivity contribution >= 4 is 11.8 Å². The summed E-state index contributed by atoms with van der Waals surface area (Å²) in [7, 11) is 1.59. The Morgan fingerprint density at radius 3 is 2.15 bits per heavy atom. The molecule has 2 aromatic rings. The second-order valence-electron chi connectivity index (χ2n) is 7.69. The van der Waals surface area contributed by atoms with Gasteiger partial charge in [0.1, 0.15) is 5.75 Å². The summed E-state index contributed by atoms with van der Waals surface area (Å²) in [6, 6.07) is 13.0. The number of nitrogens with zero attached hydrogens (tertiary/aromatic N) is 1. The van der Waals surface area contributed by atoms with Crippen molar-refractivity contribution < 1.29 is 19.1 Å². The second-order valence-corrected chi connectivity index (χ2v) is 7.69. The number of benzene rings is 2. The number of ether oxygens (including phenoxy) is 2. The van der Waals surface area contributed by atoms with Gasteiger partial charge in [0.2, 0.25) is 0 Å². The van der Waals surface area contributed by atoms with E-state index in [0.29, 0.717) is 24.1 Å². The monoisotopic (exact) mass is 367 g/mol. The maximum absolute atomic E-state index is 12.5. The summed E-state index contributed by atoms with van der Waals surface area (Å²) in [5.41, 5.74) is 3.00. The van der Waals surface area contributed by atoms with Crippen LogP contribution in [0, 0.1) is 0 Å². The number of hydrogen-bond acceptors (Lipinski definition) is 4. The predicted octanol–water partition coefficient (Wildman–Crippen LogP) is 3.81. The van der Waals surface area contributed by atoms with Crippen molar-refractivity contribution in [1.82, 2.24) is 4.90 Å². The number of amides is 2. The molecule has 0 radical (unpaired) electrons. The highest BCUT2D eigenvalue weighted by Gasteiger charge is 2.34. The van der Waals surface area contributed by atoms with Gasteiger partial charge in [-0.15, -0.1) is 0 Å². The van der Waals surface area contributed by atoms with E-state index in [-0.39, 0.29) is 24.0 Å². The van der Waals surface area contributed by atoms with E-state index < -0.39 is 0 Å². The van der Waals surface area contributed by atoms with Gasteiger partial charge in [0.15, 0.2) is 6.79 Å². The third-order valence-electron chi connectivity index (χ3n) is 4.69. The summed E-state index contributed by atoms with van der Waals surface area (Å²) in [6.45, 7) is 6.91. The molecule has 0 aliphatic carbocycles. The Bertz CT molecular complexity index is 832. The lowest BCUT2D eigenvalue weighted by Gasteiger charge is -2.24. The highest BCUT2D eigenvalue weighted by atomic mass is 16.7. The van der Waals surface area contributed by atoms with Crippen LogP contribution in [0.25, 0.3) is 0 Å². The second kappa shape index (κ2) is 7.53. The molecule has 1 heterocycles. The Kier molecular flexibility index (Phi) is 5.33. The van der Waals surface area contributed by atoms with E-state index in [4.69, 9.17) is 9.47 Å². The molecule has 0 fully saturated rings. The molecule has 1 aliphatic rings. The van der Waals surface area contributed by atoms with Crippen molar-refractivity contribution in [2.75, 3.05) is 20.4 Å². The van der Waals surface area contributed by atoms with Gasteiger partial charge in [-0.1, -0.05) is 45.0 Å². The predicted molar refractivity (Wildman–Crippen MR) is 103 cm³/mol. The van der Waals surface area contributed by atoms with Crippen LogP contribution < -0.4 is 4.74 Å². The minimum atomic E-state index is -0.216. The van der Waals surface area contributed by atoms with Crippen molar-refractivity contribution in [2.45, 2.75) is 32.6 Å². The van der Waals surface area contributed by atoms with E-state index in [2.05, 4.69) is 26.8 Å². The molecule has 0 aromatic heterocycles. The van der Waals surface area contributed by atoms with Gasteiger partial charge >= 0.3 is 0 Å². The average Bonchev–Trinajstić information content (AvgIpc) is 2.89. The maximum atomic E-state index is 12.5. The highest BCUT2D eigenvalue weighted by Crippen LogP contribution is 2.32. The smallest absolute Gasteiger partial charge is 0.261 e. The van der Waals surface area contributed by atoms with E-state index in [1.54, 1.807) is 31.4 Å². The Balaban J connectivity index is 1.77. The molecule has 5 nitrogen and oxygen atoms in total. The molecule has 27 heavy (non-hydrogen) atoms. The number of methoxy groups -OCH3 is 1. The van der Waals surface area contributed by atoms with Crippen LogP contribution >= 0.6 is 0 Å². The molecule has 1 aliphatic heterocycles. The van der Waals surface area contributed by atoms with Crippen LogP contribution in [0.2, 0.25) is 0 Å². The Hall–Kier alpha value is -2.66. The van der Waals surface area contributed by atoms with Gasteiger partial charge in [-0.2, -0.15) is 0 Å². The molecule has 2 aromatic carbocycles. The lowest BCUT2D eigenvalue weighted by atomic mass is 9.85. The normalized spacial score (nSPS) is 13.9. The number of imide groups is 1. The SMILES string of the molecule is COCOc1ccc(CCN2C(=O)c3ccccc3C2=O)cc1C(C)(C)C. The van der Waals surface area contributed by atoms with Crippen LogP contribution in [0.3, 0.4) is 0 Å². The number of carbonyl (C=O) groups is 2. The van der Waals surface area contributed by atoms with Crippen molar-refractivity contribution in [3.05, 3.63) is 64.7 Å². The van der Waals surface area contributed by atoms with Crippen molar-refractivity contribution in [3.63, 3.8) is 0 Å². The van der Waals surface area contributed by atoms with Gasteiger partial charge in [-0.3, -0.25) is 14.5 Å². The van der Waals surface area contributed by atoms with E-state index in [9.17, 15) is 9.59 Å². The molecule has 0 N–H and O–H groups in total. The standard InChI is InChI=1S/C22H25NO4/c1-22(2,3)18-13-15(9-10-19(18)27-14-26-4)11-12-23-20(24)16-7-5-6-8-17(16)21(23)25/h5-10,13H,11-12,14H2,1-4H3. The fraction of sp³-hybridized carbons (Fsp3) is 0.364. The lowest BCUT2D eigenvalue weighted by Crippen LogP contribution is -2.31. The molecule has 0 spiro atoms. The van der Waals surface area contributed by atoms with E-state index in [1.165, 1.54) is 4.90 Å². The third-order valence-corrected chi connectivity index (χ3v) is 4.69. The minimum absolute atomic E-state index is 0.103. The summed E-state index contributed by atoms with van der Waals surface area (Å²) < 4.78 is 10.7. The van der Waals surface area contributed by atoms with E-state index in [0.717, 1.165) is 16.9 Å². The topological polar surface area (TPSA) is 55.8 Å². The van der Waals surface area contributed by atoms with Gasteiger partial charge in [0.25, 0.3) is 11.8 Å². The minimum Gasteiger partial charge on any atom is -0.467 e. The molecular formula is C22H25NO4. The lowest BCUT2D eigenvalue weighted by molar-refractivity contribution is 0.0497. The molecule has 142 valence electrons. The highest BCUT2D eigenvalue weighted by molar-refractivity contribution is 6.21. The van der Waals surface area contributed by atoms with Crippen LogP contribution in [-0.4, -0.2) is 37.2 Å². The molecule has 2 amide bonds. The van der Waals surface area contributed by atoms with Crippen LogP contribution in [-0.2, 0) is 16.6 Å². The molecule has 0 atom stereocenters. The summed E-state index contributed by atoms with van der Waals surface area (Å²) in [5.74, 6) is 0.354. The fourth-order valence-electron chi connectivity index (χ4n) is 3.25. The largest absolute Gasteiger partial charge is 0.467 e. The first-order valence-electron chi connectivity index (χ1n) is 9.03. The third kappa shape index (κ3) is 3.88. The number of carbonyl (C=O) groups excluding carboxylic acids is 2. The van der Waals surface area contributed by atoms with E-state index in [1.807, 2.05) is 12.1 Å². The van der Waals surface area contributed by atoms with Crippen LogP contribution in [0.15, 0.2) is 42.5 Å². The fourth-order valence-corrected chi connectivity index (χ4v) is 3.25. The average molecular weight is 367 g/mol. The molecule has 0 bridgehead atoms. The zero-order chi connectivity index (χ0) is 19.6. The van der Waals surface area contributed by atoms with Crippen LogP contribution in [0.5, 0.6) is 5.75 Å². The van der Waals surface area contributed by atoms with Gasteiger partial charge in [-0.25, -0.2) is 0 Å². The van der Waals surface area contributed by atoms with Gasteiger partial charge < -0.3 is 9.47 Å². The maximum Gasteiger partial charge on any atom is 0.261 e. The molecule has 3 rings (SSSR count). The number of rotatable bonds is 6. The Morgan fingerprint density at radius 1 is 0.963 bits per heavy atom. The zero-order valence-corrected chi connectivity index (χ0v) is 16.2. The summed E-state index contributed by atoms with van der Waals surface area (Å²) >= 11 is 0. The van der Waals surface area contributed by atoms with Crippen molar-refractivity contribution in [3.8, 4) is 5.75 Å². The van der Waals surface area contributed by atoms with Crippen LogP contribution in [0.1, 0.15) is 52.6 Å². The van der Waals surface area contributed by atoms with Gasteiger partial charge in [0.05, 0.1) is 11.1 Å². The molecular weight excluding hydrogens is 342 g/mol. The molecule has 0 saturated carbocycles. The Morgan fingerprint density at radius 2 is 1.59 bits per heavy atom.